The molecule has 2 rings (SSSR count). The third kappa shape index (κ3) is 5.13. The van der Waals surface area contributed by atoms with Crippen LogP contribution >= 0.6 is 11.6 Å². The summed E-state index contributed by atoms with van der Waals surface area (Å²) in [6.45, 7) is 10.0. The van der Waals surface area contributed by atoms with Crippen molar-refractivity contribution in [2.45, 2.75) is 53.7 Å². The summed E-state index contributed by atoms with van der Waals surface area (Å²) in [5.41, 5.74) is 0.439. The van der Waals surface area contributed by atoms with Crippen molar-refractivity contribution in [3.05, 3.63) is 50.2 Å². The maximum Gasteiger partial charge on any atom is 0.416 e. The lowest BCUT2D eigenvalue weighted by atomic mass is 10.1. The molecule has 2 heterocycles. The Morgan fingerprint density at radius 1 is 1.29 bits per heavy atom. The molecule has 1 amide bonds. The van der Waals surface area contributed by atoms with Gasteiger partial charge < -0.3 is 4.74 Å². The number of amides is 1. The number of carbonyl (C=O) groups is 1. The zero-order valence-electron chi connectivity index (χ0n) is 16.6. The molecule has 28 heavy (non-hydrogen) atoms. The highest BCUT2D eigenvalue weighted by molar-refractivity contribution is 6.29. The molecular formula is C18H22ClN5O4. The summed E-state index contributed by atoms with van der Waals surface area (Å²) in [6.07, 6.45) is 0.754. The van der Waals surface area contributed by atoms with Crippen molar-refractivity contribution in [2.75, 3.05) is 4.90 Å². The molecule has 2 aromatic heterocycles. The minimum atomic E-state index is -0.797. The lowest BCUT2D eigenvalue weighted by molar-refractivity contribution is -0.385. The summed E-state index contributed by atoms with van der Waals surface area (Å²) >= 11 is 5.90. The Morgan fingerprint density at radius 2 is 1.93 bits per heavy atom. The van der Waals surface area contributed by atoms with Gasteiger partial charge in [-0.05, 0) is 58.7 Å². The van der Waals surface area contributed by atoms with Gasteiger partial charge in [-0.1, -0.05) is 11.6 Å². The third-order valence-electron chi connectivity index (χ3n) is 3.72. The first-order chi connectivity index (χ1) is 12.9. The van der Waals surface area contributed by atoms with Crippen LogP contribution in [0.1, 0.15) is 43.4 Å². The van der Waals surface area contributed by atoms with Crippen molar-refractivity contribution in [1.29, 1.82) is 0 Å². The van der Waals surface area contributed by atoms with Crippen LogP contribution in [0.5, 0.6) is 0 Å². The number of nitrogens with zero attached hydrogens (tertiary/aromatic N) is 5. The van der Waals surface area contributed by atoms with E-state index in [1.54, 1.807) is 40.7 Å². The molecule has 0 aromatic carbocycles. The fourth-order valence-corrected chi connectivity index (χ4v) is 2.73. The molecule has 0 saturated carbocycles. The Bertz CT molecular complexity index is 927. The van der Waals surface area contributed by atoms with Gasteiger partial charge in [0.15, 0.2) is 0 Å². The van der Waals surface area contributed by atoms with Crippen LogP contribution in [0.2, 0.25) is 5.15 Å². The maximum atomic E-state index is 12.9. The van der Waals surface area contributed by atoms with Gasteiger partial charge in [0.1, 0.15) is 22.3 Å². The first-order valence-corrected chi connectivity index (χ1v) is 8.88. The lowest BCUT2D eigenvalue weighted by Crippen LogP contribution is -2.37. The number of hydrogen-bond donors (Lipinski definition) is 0. The first kappa shape index (κ1) is 21.5. The molecule has 0 aliphatic heterocycles. The molecule has 0 spiro atoms. The second kappa shape index (κ2) is 8.05. The van der Waals surface area contributed by atoms with Crippen LogP contribution in [0.25, 0.3) is 0 Å². The molecule has 10 heteroatoms. The topological polar surface area (TPSA) is 111 Å². The third-order valence-corrected chi connectivity index (χ3v) is 3.92. The predicted molar refractivity (Wildman–Crippen MR) is 105 cm³/mol. The number of rotatable bonds is 4. The predicted octanol–water partition coefficient (Wildman–Crippen LogP) is 4.30. The van der Waals surface area contributed by atoms with E-state index in [1.807, 2.05) is 0 Å². The number of anilines is 1. The number of aromatic nitrogens is 3. The zero-order valence-corrected chi connectivity index (χ0v) is 17.4. The van der Waals surface area contributed by atoms with Crippen LogP contribution in [0.15, 0.2) is 12.3 Å². The zero-order chi connectivity index (χ0) is 21.2. The summed E-state index contributed by atoms with van der Waals surface area (Å²) in [7, 11) is 0. The van der Waals surface area contributed by atoms with E-state index < -0.39 is 16.6 Å². The van der Waals surface area contributed by atoms with E-state index in [0.717, 1.165) is 10.5 Å². The summed E-state index contributed by atoms with van der Waals surface area (Å²) < 4.78 is 5.46. The standard InChI is InChI=1S/C18H22ClN5O4/c1-10-7-14(19)20-8-13(10)9-23(17(25)28-18(4,5)6)16-15(24(26)27)11(2)21-12(3)22-16/h7-8H,9H2,1-6H3. The van der Waals surface area contributed by atoms with Gasteiger partial charge in [0.25, 0.3) is 0 Å². The second-order valence-electron chi connectivity index (χ2n) is 7.29. The van der Waals surface area contributed by atoms with Crippen molar-refractivity contribution in [2.24, 2.45) is 0 Å². The molecule has 0 saturated heterocycles. The summed E-state index contributed by atoms with van der Waals surface area (Å²) in [5, 5.41) is 12.0. The highest BCUT2D eigenvalue weighted by atomic mass is 35.5. The smallest absolute Gasteiger partial charge is 0.416 e. The molecule has 0 fully saturated rings. The first-order valence-electron chi connectivity index (χ1n) is 8.50. The van der Waals surface area contributed by atoms with Crippen LogP contribution in [0.3, 0.4) is 0 Å². The van der Waals surface area contributed by atoms with E-state index in [9.17, 15) is 14.9 Å². The monoisotopic (exact) mass is 407 g/mol. The van der Waals surface area contributed by atoms with Gasteiger partial charge in [0.2, 0.25) is 5.82 Å². The fourth-order valence-electron chi connectivity index (χ4n) is 2.52. The average molecular weight is 408 g/mol. The van der Waals surface area contributed by atoms with E-state index in [-0.39, 0.29) is 23.7 Å². The molecule has 0 unspecified atom stereocenters. The van der Waals surface area contributed by atoms with Gasteiger partial charge in [0, 0.05) is 6.20 Å². The molecule has 0 atom stereocenters. The molecule has 9 nitrogen and oxygen atoms in total. The van der Waals surface area contributed by atoms with Crippen LogP contribution in [-0.2, 0) is 11.3 Å². The Morgan fingerprint density at radius 3 is 2.46 bits per heavy atom. The van der Waals surface area contributed by atoms with E-state index in [2.05, 4.69) is 15.0 Å². The van der Waals surface area contributed by atoms with Crippen LogP contribution in [0, 0.1) is 30.9 Å². The molecule has 0 radical (unpaired) electrons. The average Bonchev–Trinajstić information content (AvgIpc) is 2.51. The quantitative estimate of drug-likeness (QED) is 0.422. The van der Waals surface area contributed by atoms with Crippen LogP contribution in [0.4, 0.5) is 16.3 Å². The molecule has 0 aliphatic carbocycles. The fraction of sp³-hybridized carbons (Fsp3) is 0.444. The molecule has 0 N–H and O–H groups in total. The van der Waals surface area contributed by atoms with E-state index in [1.165, 1.54) is 13.1 Å². The Hall–Kier alpha value is -2.81. The minimum absolute atomic E-state index is 0.0261. The summed E-state index contributed by atoms with van der Waals surface area (Å²) in [6, 6.07) is 1.65. The van der Waals surface area contributed by atoms with Crippen LogP contribution < -0.4 is 4.90 Å². The number of nitro groups is 1. The van der Waals surface area contributed by atoms with Crippen LogP contribution in [-0.4, -0.2) is 31.6 Å². The lowest BCUT2D eigenvalue weighted by Gasteiger charge is -2.27. The molecule has 2 aromatic rings. The largest absolute Gasteiger partial charge is 0.443 e. The number of ether oxygens (including phenoxy) is 1. The van der Waals surface area contributed by atoms with Gasteiger partial charge >= 0.3 is 11.8 Å². The van der Waals surface area contributed by atoms with Gasteiger partial charge in [-0.15, -0.1) is 0 Å². The van der Waals surface area contributed by atoms with E-state index in [0.29, 0.717) is 16.5 Å². The highest BCUT2D eigenvalue weighted by Crippen LogP contribution is 2.31. The molecule has 0 aliphatic rings. The van der Waals surface area contributed by atoms with Gasteiger partial charge in [-0.2, -0.15) is 0 Å². The minimum Gasteiger partial charge on any atom is -0.443 e. The van der Waals surface area contributed by atoms with Gasteiger partial charge in [-0.3, -0.25) is 15.0 Å². The van der Waals surface area contributed by atoms with Crippen molar-refractivity contribution in [1.82, 2.24) is 15.0 Å². The van der Waals surface area contributed by atoms with Crippen molar-refractivity contribution in [3.8, 4) is 0 Å². The maximum absolute atomic E-state index is 12.9. The number of halogens is 1. The SMILES string of the molecule is Cc1nc(C)c([N+](=O)[O-])c(N(Cc2cnc(Cl)cc2C)C(=O)OC(C)(C)C)n1. The highest BCUT2D eigenvalue weighted by Gasteiger charge is 2.33. The van der Waals surface area contributed by atoms with Gasteiger partial charge in [0.05, 0.1) is 11.5 Å². The molecule has 150 valence electrons. The summed E-state index contributed by atoms with van der Waals surface area (Å²) in [5.74, 6) is 0.177. The Labute approximate surface area is 167 Å². The Balaban J connectivity index is 2.62. The van der Waals surface area contributed by atoms with Crippen molar-refractivity contribution in [3.63, 3.8) is 0 Å². The normalized spacial score (nSPS) is 11.2. The van der Waals surface area contributed by atoms with Crippen molar-refractivity contribution >= 4 is 29.2 Å². The number of hydrogen-bond acceptors (Lipinski definition) is 7. The number of pyridine rings is 1. The second-order valence-corrected chi connectivity index (χ2v) is 7.67. The molecule has 0 bridgehead atoms. The number of aryl methyl sites for hydroxylation is 3. The number of carbonyl (C=O) groups excluding carboxylic acids is 1. The molecular weight excluding hydrogens is 386 g/mol. The summed E-state index contributed by atoms with van der Waals surface area (Å²) in [4.78, 5) is 37.3. The van der Waals surface area contributed by atoms with Gasteiger partial charge in [-0.25, -0.2) is 19.7 Å². The van der Waals surface area contributed by atoms with Crippen molar-refractivity contribution < 1.29 is 14.5 Å². The van der Waals surface area contributed by atoms with E-state index in [4.69, 9.17) is 16.3 Å². The van der Waals surface area contributed by atoms with E-state index >= 15 is 0 Å². The Kier molecular flexibility index (Phi) is 6.18.